The zero-order valence-electron chi connectivity index (χ0n) is 19.1. The second kappa shape index (κ2) is 9.08. The van der Waals surface area contributed by atoms with E-state index < -0.39 is 0 Å². The first-order valence-electron chi connectivity index (χ1n) is 12.1. The minimum atomic E-state index is -0.230. The predicted molar refractivity (Wildman–Crippen MR) is 119 cm³/mol. The average Bonchev–Trinajstić information content (AvgIpc) is 3.50. The Morgan fingerprint density at radius 2 is 1.94 bits per heavy atom. The Labute approximate surface area is 189 Å². The van der Waals surface area contributed by atoms with Crippen LogP contribution in [0, 0.1) is 12.8 Å². The molecular formula is C24H33N5O3. The molecule has 1 aliphatic heterocycles. The van der Waals surface area contributed by atoms with Gasteiger partial charge in [-0.3, -0.25) is 0 Å². The molecule has 2 unspecified atom stereocenters. The standard InChI is InChI=1S/C24H33N5O3/c1-16-22(32-18-8-4-3-5-9-18)12-11-19(25-16)23-21(28(2)27-26-23)15-31-24(30)29-14-13-17-7-6-10-20(17)29/h11-12,17-18,20H,3-10,13-15H2,1-2H3. The molecule has 2 aromatic heterocycles. The highest BCUT2D eigenvalue weighted by molar-refractivity contribution is 5.69. The molecule has 3 fully saturated rings. The van der Waals surface area contributed by atoms with Gasteiger partial charge in [0.1, 0.15) is 23.7 Å². The summed E-state index contributed by atoms with van der Waals surface area (Å²) in [6.45, 7) is 2.89. The summed E-state index contributed by atoms with van der Waals surface area (Å²) in [4.78, 5) is 19.4. The molecule has 172 valence electrons. The van der Waals surface area contributed by atoms with Crippen LogP contribution in [-0.2, 0) is 18.4 Å². The Bertz CT molecular complexity index is 969. The van der Waals surface area contributed by atoms with Gasteiger partial charge in [0.2, 0.25) is 0 Å². The third-order valence-electron chi connectivity index (χ3n) is 7.40. The quantitative estimate of drug-likeness (QED) is 0.686. The fourth-order valence-corrected chi connectivity index (χ4v) is 5.58. The average molecular weight is 440 g/mol. The molecular weight excluding hydrogens is 406 g/mol. The Morgan fingerprint density at radius 1 is 1.09 bits per heavy atom. The lowest BCUT2D eigenvalue weighted by Crippen LogP contribution is -2.36. The Kier molecular flexibility index (Phi) is 6.02. The smallest absolute Gasteiger partial charge is 0.410 e. The molecule has 1 amide bonds. The monoisotopic (exact) mass is 439 g/mol. The lowest BCUT2D eigenvalue weighted by Gasteiger charge is -2.23. The van der Waals surface area contributed by atoms with Crippen LogP contribution in [0.15, 0.2) is 12.1 Å². The summed E-state index contributed by atoms with van der Waals surface area (Å²) < 4.78 is 13.6. The van der Waals surface area contributed by atoms with Crippen LogP contribution >= 0.6 is 0 Å². The predicted octanol–water partition coefficient (Wildman–Crippen LogP) is 4.41. The van der Waals surface area contributed by atoms with E-state index in [0.717, 1.165) is 55.1 Å². The number of amides is 1. The summed E-state index contributed by atoms with van der Waals surface area (Å²) >= 11 is 0. The van der Waals surface area contributed by atoms with Gasteiger partial charge in [-0.25, -0.2) is 14.5 Å². The van der Waals surface area contributed by atoms with Crippen LogP contribution in [0.1, 0.15) is 69.2 Å². The molecule has 2 aromatic rings. The van der Waals surface area contributed by atoms with Gasteiger partial charge in [0.25, 0.3) is 0 Å². The number of pyridine rings is 1. The fraction of sp³-hybridized carbons (Fsp3) is 0.667. The highest BCUT2D eigenvalue weighted by atomic mass is 16.6. The van der Waals surface area contributed by atoms with Gasteiger partial charge in [-0.05, 0) is 69.9 Å². The van der Waals surface area contributed by atoms with E-state index in [9.17, 15) is 4.79 Å². The van der Waals surface area contributed by atoms with E-state index in [1.54, 1.807) is 4.68 Å². The second-order valence-corrected chi connectivity index (χ2v) is 9.46. The third-order valence-corrected chi connectivity index (χ3v) is 7.40. The topological polar surface area (TPSA) is 82.4 Å². The van der Waals surface area contributed by atoms with Crippen molar-refractivity contribution in [1.29, 1.82) is 0 Å². The van der Waals surface area contributed by atoms with Crippen LogP contribution in [-0.4, -0.2) is 49.7 Å². The molecule has 0 spiro atoms. The summed E-state index contributed by atoms with van der Waals surface area (Å²) in [6.07, 6.45) is 10.7. The van der Waals surface area contributed by atoms with Crippen LogP contribution in [0.25, 0.3) is 11.4 Å². The molecule has 0 aromatic carbocycles. The number of hydrogen-bond donors (Lipinski definition) is 0. The number of carbonyl (C=O) groups excluding carboxylic acids is 1. The van der Waals surface area contributed by atoms with E-state index in [2.05, 4.69) is 10.3 Å². The molecule has 2 saturated carbocycles. The van der Waals surface area contributed by atoms with E-state index in [-0.39, 0.29) is 18.8 Å². The molecule has 2 atom stereocenters. The summed E-state index contributed by atoms with van der Waals surface area (Å²) in [6, 6.07) is 4.25. The molecule has 0 bridgehead atoms. The molecule has 3 aliphatic rings. The van der Waals surface area contributed by atoms with Gasteiger partial charge in [-0.1, -0.05) is 18.1 Å². The highest BCUT2D eigenvalue weighted by Crippen LogP contribution is 2.38. The molecule has 1 saturated heterocycles. The zero-order valence-corrected chi connectivity index (χ0v) is 19.1. The van der Waals surface area contributed by atoms with Crippen molar-refractivity contribution in [3.8, 4) is 17.1 Å². The number of nitrogens with zero attached hydrogens (tertiary/aromatic N) is 5. The van der Waals surface area contributed by atoms with E-state index in [4.69, 9.17) is 14.5 Å². The van der Waals surface area contributed by atoms with Crippen molar-refractivity contribution in [3.63, 3.8) is 0 Å². The second-order valence-electron chi connectivity index (χ2n) is 9.46. The van der Waals surface area contributed by atoms with E-state index in [1.165, 1.54) is 32.1 Å². The molecule has 8 nitrogen and oxygen atoms in total. The van der Waals surface area contributed by atoms with Gasteiger partial charge < -0.3 is 14.4 Å². The van der Waals surface area contributed by atoms with Gasteiger partial charge in [0, 0.05) is 19.6 Å². The third kappa shape index (κ3) is 4.19. The largest absolute Gasteiger partial charge is 0.489 e. The maximum atomic E-state index is 12.8. The van der Waals surface area contributed by atoms with Crippen LogP contribution in [0.3, 0.4) is 0 Å². The van der Waals surface area contributed by atoms with Crippen molar-refractivity contribution < 1.29 is 14.3 Å². The number of carbonyl (C=O) groups is 1. The summed E-state index contributed by atoms with van der Waals surface area (Å²) in [5, 5.41) is 8.46. The van der Waals surface area contributed by atoms with Gasteiger partial charge in [0.15, 0.2) is 0 Å². The van der Waals surface area contributed by atoms with Gasteiger partial charge in [0.05, 0.1) is 17.5 Å². The van der Waals surface area contributed by atoms with Crippen molar-refractivity contribution >= 4 is 6.09 Å². The Hall–Kier alpha value is -2.64. The first-order chi connectivity index (χ1) is 15.6. The lowest BCUT2D eigenvalue weighted by atomic mass is 9.98. The first kappa shape index (κ1) is 21.2. The maximum Gasteiger partial charge on any atom is 0.410 e. The van der Waals surface area contributed by atoms with Crippen LogP contribution in [0.2, 0.25) is 0 Å². The summed E-state index contributed by atoms with van der Waals surface area (Å²) in [5.41, 5.74) is 2.95. The molecule has 3 heterocycles. The van der Waals surface area contributed by atoms with Crippen LogP contribution in [0.4, 0.5) is 4.79 Å². The maximum absolute atomic E-state index is 12.8. The molecule has 32 heavy (non-hydrogen) atoms. The van der Waals surface area contributed by atoms with Gasteiger partial charge in [-0.2, -0.15) is 0 Å². The molecule has 0 radical (unpaired) electrons. The molecule has 2 aliphatic carbocycles. The van der Waals surface area contributed by atoms with E-state index in [1.807, 2.05) is 31.0 Å². The number of ether oxygens (including phenoxy) is 2. The summed E-state index contributed by atoms with van der Waals surface area (Å²) in [7, 11) is 1.82. The minimum absolute atomic E-state index is 0.132. The fourth-order valence-electron chi connectivity index (χ4n) is 5.58. The number of aryl methyl sites for hydroxylation is 2. The van der Waals surface area contributed by atoms with Crippen molar-refractivity contribution in [3.05, 3.63) is 23.5 Å². The molecule has 5 rings (SSSR count). The Balaban J connectivity index is 1.27. The number of aromatic nitrogens is 4. The summed E-state index contributed by atoms with van der Waals surface area (Å²) in [5.74, 6) is 1.48. The number of likely N-dealkylation sites (tertiary alicyclic amines) is 1. The van der Waals surface area contributed by atoms with E-state index in [0.29, 0.717) is 17.7 Å². The first-order valence-corrected chi connectivity index (χ1v) is 12.1. The van der Waals surface area contributed by atoms with Crippen LogP contribution < -0.4 is 4.74 Å². The lowest BCUT2D eigenvalue weighted by molar-refractivity contribution is 0.0887. The highest BCUT2D eigenvalue weighted by Gasteiger charge is 2.40. The number of rotatable bonds is 5. The SMILES string of the molecule is Cc1nc(-c2nnn(C)c2COC(=O)N2CCC3CCCC32)ccc1OC1CCCCC1. The normalized spacial score (nSPS) is 23.4. The molecule has 8 heteroatoms. The molecule has 0 N–H and O–H groups in total. The van der Waals surface area contributed by atoms with Crippen molar-refractivity contribution in [2.45, 2.75) is 83.5 Å². The Morgan fingerprint density at radius 3 is 2.75 bits per heavy atom. The van der Waals surface area contributed by atoms with Crippen molar-refractivity contribution in [1.82, 2.24) is 24.9 Å². The van der Waals surface area contributed by atoms with E-state index >= 15 is 0 Å². The van der Waals surface area contributed by atoms with Gasteiger partial charge in [-0.15, -0.1) is 5.10 Å². The van der Waals surface area contributed by atoms with Gasteiger partial charge >= 0.3 is 6.09 Å². The van der Waals surface area contributed by atoms with Crippen molar-refractivity contribution in [2.24, 2.45) is 13.0 Å². The van der Waals surface area contributed by atoms with Crippen LogP contribution in [0.5, 0.6) is 5.75 Å². The number of hydrogen-bond acceptors (Lipinski definition) is 6. The minimum Gasteiger partial charge on any atom is -0.489 e. The van der Waals surface area contributed by atoms with Crippen molar-refractivity contribution in [2.75, 3.05) is 6.54 Å². The zero-order chi connectivity index (χ0) is 22.1. The number of fused-ring (bicyclic) bond motifs is 1.